The minimum atomic E-state index is -1.85. The predicted octanol–water partition coefficient (Wildman–Crippen LogP) is 19.0. The molecule has 0 aliphatic heterocycles. The van der Waals surface area contributed by atoms with Crippen molar-refractivity contribution in [2.24, 2.45) is 0 Å². The number of benzene rings is 11. The Bertz CT molecular complexity index is 4170. The Kier molecular flexibility index (Phi) is 9.58. The number of rotatable bonds is 9. The normalized spacial score (nSPS) is 12.2. The van der Waals surface area contributed by atoms with Crippen LogP contribution in [0.15, 0.2) is 289 Å². The molecule has 0 N–H and O–H groups in total. The molecule has 0 aliphatic rings. The Labute approximate surface area is 411 Å². The van der Waals surface area contributed by atoms with Gasteiger partial charge in [0.2, 0.25) is 0 Å². The Hall–Kier alpha value is -9.03. The van der Waals surface area contributed by atoms with Gasteiger partial charge in [-0.25, -0.2) is 0 Å². The molecule has 0 saturated heterocycles. The lowest BCUT2D eigenvalue weighted by atomic mass is 9.96. The second kappa shape index (κ2) is 16.6. The van der Waals surface area contributed by atoms with Gasteiger partial charge in [-0.1, -0.05) is 133 Å². The molecule has 0 saturated carbocycles. The molecule has 5 heteroatoms. The largest absolute Gasteiger partial charge is 0.457 e. The smallest absolute Gasteiger partial charge is 0.136 e. The number of aromatic nitrogens is 1. The quantitative estimate of drug-likeness (QED) is 0.145. The SMILES string of the molecule is c1ccc(S(c2ccccc2)(c2ccccc2)c2cccc(-c3cccc(-c4cccc5oc6ccc(Oc7ccc8oc9ccc(-n%10c%11ccccc%11c%11ccccc%11%10)cc9c8c7)cc6c45)c3)c2)cc1. The van der Waals surface area contributed by atoms with Gasteiger partial charge in [-0.15, -0.1) is 10.0 Å². The van der Waals surface area contributed by atoms with Crippen LogP contribution >= 0.6 is 10.0 Å². The van der Waals surface area contributed by atoms with Crippen molar-refractivity contribution in [3.05, 3.63) is 261 Å². The maximum absolute atomic E-state index is 6.72. The fourth-order valence-corrected chi connectivity index (χ4v) is 14.7. The summed E-state index contributed by atoms with van der Waals surface area (Å²) >= 11 is 0. The molecule has 11 aromatic carbocycles. The van der Waals surface area contributed by atoms with Crippen LogP contribution in [0, 0.1) is 0 Å². The van der Waals surface area contributed by atoms with Crippen LogP contribution in [0.25, 0.3) is 93.6 Å². The molecule has 3 heterocycles. The summed E-state index contributed by atoms with van der Waals surface area (Å²) in [6, 6.07) is 93.3. The highest BCUT2D eigenvalue weighted by atomic mass is 32.3. The molecule has 4 nitrogen and oxygen atoms in total. The first-order chi connectivity index (χ1) is 35.2. The number of nitrogens with zero attached hydrogens (tertiary/aromatic N) is 1. The van der Waals surface area contributed by atoms with Crippen molar-refractivity contribution in [1.29, 1.82) is 0 Å². The van der Waals surface area contributed by atoms with Crippen LogP contribution in [0.1, 0.15) is 0 Å². The van der Waals surface area contributed by atoms with E-state index in [9.17, 15) is 0 Å². The molecule has 0 atom stereocenters. The van der Waals surface area contributed by atoms with Crippen molar-refractivity contribution in [2.45, 2.75) is 19.6 Å². The molecule has 14 aromatic rings. The third-order valence-electron chi connectivity index (χ3n) is 13.9. The van der Waals surface area contributed by atoms with Gasteiger partial charge in [0.15, 0.2) is 0 Å². The monoisotopic (exact) mass is 929 g/mol. The topological polar surface area (TPSA) is 40.4 Å². The third kappa shape index (κ3) is 6.69. The first-order valence-electron chi connectivity index (χ1n) is 23.9. The number of hydrogen-bond donors (Lipinski definition) is 0. The van der Waals surface area contributed by atoms with Crippen LogP contribution in [0.2, 0.25) is 0 Å². The molecule has 0 bridgehead atoms. The second-order valence-electron chi connectivity index (χ2n) is 18.0. The molecular formula is C66H43NO3S. The lowest BCUT2D eigenvalue weighted by Crippen LogP contribution is -2.05. The maximum atomic E-state index is 6.72. The summed E-state index contributed by atoms with van der Waals surface area (Å²) in [7, 11) is -1.85. The summed E-state index contributed by atoms with van der Waals surface area (Å²) in [6.45, 7) is 0. The average Bonchev–Trinajstić information content (AvgIpc) is 4.11. The van der Waals surface area contributed by atoms with Gasteiger partial charge in [-0.2, -0.15) is 0 Å². The number of fused-ring (bicyclic) bond motifs is 9. The number of furan rings is 2. The van der Waals surface area contributed by atoms with Gasteiger partial charge < -0.3 is 18.1 Å². The van der Waals surface area contributed by atoms with Crippen LogP contribution in [-0.4, -0.2) is 4.57 Å². The molecule has 336 valence electrons. The average molecular weight is 930 g/mol. The summed E-state index contributed by atoms with van der Waals surface area (Å²) in [5.41, 5.74) is 11.2. The molecule has 0 unspecified atom stereocenters. The van der Waals surface area contributed by atoms with Crippen molar-refractivity contribution in [3.63, 3.8) is 0 Å². The van der Waals surface area contributed by atoms with Crippen molar-refractivity contribution < 1.29 is 13.6 Å². The van der Waals surface area contributed by atoms with Gasteiger partial charge in [0.1, 0.15) is 33.8 Å². The van der Waals surface area contributed by atoms with E-state index in [1.54, 1.807) is 0 Å². The summed E-state index contributed by atoms with van der Waals surface area (Å²) < 4.78 is 22.0. The molecule has 0 amide bonds. The first-order valence-corrected chi connectivity index (χ1v) is 25.6. The van der Waals surface area contributed by atoms with Gasteiger partial charge in [0.25, 0.3) is 0 Å². The molecule has 0 fully saturated rings. The van der Waals surface area contributed by atoms with Crippen LogP contribution in [-0.2, 0) is 0 Å². The van der Waals surface area contributed by atoms with Crippen LogP contribution in [0.5, 0.6) is 11.5 Å². The van der Waals surface area contributed by atoms with E-state index in [0.29, 0.717) is 0 Å². The lowest BCUT2D eigenvalue weighted by molar-refractivity contribution is 0.483. The number of ether oxygens (including phenoxy) is 1. The Morgan fingerprint density at radius 3 is 1.44 bits per heavy atom. The van der Waals surface area contributed by atoms with E-state index in [-0.39, 0.29) is 0 Å². The molecule has 14 rings (SSSR count). The van der Waals surface area contributed by atoms with Crippen molar-refractivity contribution in [1.82, 2.24) is 4.57 Å². The number of hydrogen-bond acceptors (Lipinski definition) is 3. The minimum absolute atomic E-state index is 0.722. The third-order valence-corrected chi connectivity index (χ3v) is 17.8. The molecule has 0 radical (unpaired) electrons. The minimum Gasteiger partial charge on any atom is -0.457 e. The Balaban J connectivity index is 0.834. The zero-order chi connectivity index (χ0) is 46.9. The summed E-state index contributed by atoms with van der Waals surface area (Å²) in [5.74, 6) is 1.45. The highest BCUT2D eigenvalue weighted by molar-refractivity contribution is 8.34. The second-order valence-corrected chi connectivity index (χ2v) is 21.1. The van der Waals surface area contributed by atoms with E-state index < -0.39 is 10.0 Å². The van der Waals surface area contributed by atoms with E-state index >= 15 is 0 Å². The zero-order valence-corrected chi connectivity index (χ0v) is 39.2. The summed E-state index contributed by atoms with van der Waals surface area (Å²) in [5, 5.41) is 6.53. The molecular weight excluding hydrogens is 887 g/mol. The van der Waals surface area contributed by atoms with Gasteiger partial charge in [-0.3, -0.25) is 0 Å². The molecule has 0 spiro atoms. The predicted molar refractivity (Wildman–Crippen MR) is 293 cm³/mol. The van der Waals surface area contributed by atoms with Gasteiger partial charge in [0, 0.05) is 57.6 Å². The van der Waals surface area contributed by atoms with Crippen LogP contribution < -0.4 is 4.74 Å². The fourth-order valence-electron chi connectivity index (χ4n) is 10.8. The first kappa shape index (κ1) is 41.0. The van der Waals surface area contributed by atoms with Crippen molar-refractivity contribution in [3.8, 4) is 39.4 Å². The van der Waals surface area contributed by atoms with Gasteiger partial charge >= 0.3 is 0 Å². The van der Waals surface area contributed by atoms with Crippen molar-refractivity contribution in [2.75, 3.05) is 0 Å². The Morgan fingerprint density at radius 2 is 0.789 bits per heavy atom. The van der Waals surface area contributed by atoms with Gasteiger partial charge in [0.05, 0.1) is 11.0 Å². The van der Waals surface area contributed by atoms with E-state index in [1.165, 1.54) is 41.4 Å². The number of para-hydroxylation sites is 2. The molecule has 0 aliphatic carbocycles. The van der Waals surface area contributed by atoms with E-state index in [0.717, 1.165) is 83.3 Å². The van der Waals surface area contributed by atoms with Crippen LogP contribution in [0.4, 0.5) is 0 Å². The Morgan fingerprint density at radius 1 is 0.310 bits per heavy atom. The van der Waals surface area contributed by atoms with Gasteiger partial charge in [-0.05, 0) is 150 Å². The van der Waals surface area contributed by atoms with E-state index in [1.807, 2.05) is 24.3 Å². The molecule has 71 heavy (non-hydrogen) atoms. The maximum Gasteiger partial charge on any atom is 0.136 e. The standard InChI is InChI=1S/C66H43NO3S/c1-4-20-50(21-5-1)71(51-22-6-2-7-23-51,52-24-8-3-9-25-52)53-26-15-18-45(40-53)44-17-14-19-46(39-44)54-29-16-32-65-66(54)59-43-49(35-38-64(59)70-65)68-48-34-37-63-58(42-48)57-41-47(33-36-62(57)69-63)67-60-30-12-10-27-55(60)56-28-11-13-31-61(56)67/h1-43H. The van der Waals surface area contributed by atoms with E-state index in [4.69, 9.17) is 13.6 Å². The van der Waals surface area contributed by atoms with E-state index in [2.05, 4.69) is 241 Å². The zero-order valence-electron chi connectivity index (χ0n) is 38.4. The highest BCUT2D eigenvalue weighted by Gasteiger charge is 2.33. The molecule has 3 aromatic heterocycles. The van der Waals surface area contributed by atoms with Crippen molar-refractivity contribution >= 4 is 75.7 Å². The fraction of sp³-hybridized carbons (Fsp3) is 0. The highest BCUT2D eigenvalue weighted by Crippen LogP contribution is 2.73. The summed E-state index contributed by atoms with van der Waals surface area (Å²) in [4.78, 5) is 5.17. The van der Waals surface area contributed by atoms with Crippen LogP contribution in [0.3, 0.4) is 0 Å². The lowest BCUT2D eigenvalue weighted by Gasteiger charge is -2.42. The summed E-state index contributed by atoms with van der Waals surface area (Å²) in [6.07, 6.45) is 0.